The van der Waals surface area contributed by atoms with E-state index >= 15 is 0 Å². The summed E-state index contributed by atoms with van der Waals surface area (Å²) in [6.07, 6.45) is 0. The van der Waals surface area contributed by atoms with Crippen molar-refractivity contribution in [3.05, 3.63) is 23.9 Å². The molecule has 0 radical (unpaired) electrons. The number of hydrogen-bond acceptors (Lipinski definition) is 5. The Hall–Kier alpha value is -1.64. The molecule has 0 spiro atoms. The lowest BCUT2D eigenvalue weighted by molar-refractivity contribution is 0.0967. The largest absolute Gasteiger partial charge is 0.394 e. The molecule has 92 valence electrons. The van der Waals surface area contributed by atoms with Gasteiger partial charge in [0.2, 0.25) is 0 Å². The Balaban J connectivity index is 2.57. The predicted octanol–water partition coefficient (Wildman–Crippen LogP) is 0.788. The zero-order chi connectivity index (χ0) is 12.5. The van der Waals surface area contributed by atoms with Crippen LogP contribution >= 0.6 is 0 Å². The minimum absolute atomic E-state index is 0.0360. The van der Waals surface area contributed by atoms with Gasteiger partial charge in [-0.3, -0.25) is 0 Å². The Morgan fingerprint density at radius 2 is 2.29 bits per heavy atom. The average Bonchev–Trinajstić information content (AvgIpc) is 2.39. The van der Waals surface area contributed by atoms with Gasteiger partial charge in [0.1, 0.15) is 17.6 Å². The van der Waals surface area contributed by atoms with Crippen LogP contribution in [0.3, 0.4) is 0 Å². The third-order valence-electron chi connectivity index (χ3n) is 2.30. The number of aliphatic hydroxyl groups excluding tert-OH is 1. The first kappa shape index (κ1) is 13.4. The van der Waals surface area contributed by atoms with E-state index in [1.54, 1.807) is 6.07 Å². The van der Waals surface area contributed by atoms with Crippen LogP contribution in [0.1, 0.15) is 12.6 Å². The van der Waals surface area contributed by atoms with E-state index in [0.717, 1.165) is 12.4 Å². The summed E-state index contributed by atoms with van der Waals surface area (Å²) < 4.78 is 5.21. The molecule has 1 N–H and O–H groups in total. The van der Waals surface area contributed by atoms with Gasteiger partial charge in [-0.15, -0.1) is 0 Å². The number of rotatable bonds is 7. The fourth-order valence-electron chi connectivity index (χ4n) is 1.44. The highest BCUT2D eigenvalue weighted by atomic mass is 16.5. The second-order valence-electron chi connectivity index (χ2n) is 3.41. The van der Waals surface area contributed by atoms with Crippen LogP contribution in [0.25, 0.3) is 0 Å². The quantitative estimate of drug-likeness (QED) is 0.707. The van der Waals surface area contributed by atoms with E-state index < -0.39 is 0 Å². The Morgan fingerprint density at radius 1 is 1.47 bits per heavy atom. The van der Waals surface area contributed by atoms with E-state index in [2.05, 4.69) is 4.98 Å². The molecular formula is C12H17N3O2. The molecule has 1 rings (SSSR count). The molecular weight excluding hydrogens is 218 g/mol. The van der Waals surface area contributed by atoms with Crippen molar-refractivity contribution in [2.75, 3.05) is 37.8 Å². The third kappa shape index (κ3) is 4.39. The van der Waals surface area contributed by atoms with Crippen LogP contribution in [0.5, 0.6) is 0 Å². The summed E-state index contributed by atoms with van der Waals surface area (Å²) in [6, 6.07) is 7.39. The number of ether oxygens (including phenoxy) is 1. The molecule has 0 aliphatic rings. The van der Waals surface area contributed by atoms with E-state index in [0.29, 0.717) is 25.5 Å². The summed E-state index contributed by atoms with van der Waals surface area (Å²) in [7, 11) is 0. The maximum absolute atomic E-state index is 8.78. The Kier molecular flexibility index (Phi) is 6.00. The molecule has 0 atom stereocenters. The van der Waals surface area contributed by atoms with Crippen molar-refractivity contribution in [1.82, 2.24) is 4.98 Å². The highest BCUT2D eigenvalue weighted by molar-refractivity contribution is 5.41. The van der Waals surface area contributed by atoms with Gasteiger partial charge in [0, 0.05) is 13.1 Å². The molecule has 0 aliphatic heterocycles. The SMILES string of the molecule is CCN(CCOCCO)c1cccc(C#N)n1. The molecule has 5 nitrogen and oxygen atoms in total. The van der Waals surface area contributed by atoms with Crippen molar-refractivity contribution >= 4 is 5.82 Å². The Labute approximate surface area is 101 Å². The first-order valence-electron chi connectivity index (χ1n) is 5.62. The molecule has 0 aromatic carbocycles. The summed E-state index contributed by atoms with van der Waals surface area (Å²) in [4.78, 5) is 6.25. The minimum atomic E-state index is 0.0360. The molecule has 0 fully saturated rings. The lowest BCUT2D eigenvalue weighted by Gasteiger charge is -2.21. The topological polar surface area (TPSA) is 69.4 Å². The van der Waals surface area contributed by atoms with E-state index in [9.17, 15) is 0 Å². The molecule has 1 aromatic rings. The lowest BCUT2D eigenvalue weighted by Crippen LogP contribution is -2.28. The van der Waals surface area contributed by atoms with Gasteiger partial charge < -0.3 is 14.7 Å². The first-order chi connectivity index (χ1) is 8.31. The maximum atomic E-state index is 8.78. The number of hydrogen-bond donors (Lipinski definition) is 1. The highest BCUT2D eigenvalue weighted by Crippen LogP contribution is 2.10. The fraction of sp³-hybridized carbons (Fsp3) is 0.500. The molecule has 0 aliphatic carbocycles. The number of pyridine rings is 1. The summed E-state index contributed by atoms with van der Waals surface area (Å²) >= 11 is 0. The standard InChI is InChI=1S/C12H17N3O2/c1-2-15(6-8-17-9-7-16)12-5-3-4-11(10-13)14-12/h3-5,16H,2,6-9H2,1H3. The summed E-state index contributed by atoms with van der Waals surface area (Å²) in [5.74, 6) is 0.777. The van der Waals surface area contributed by atoms with Crippen molar-refractivity contribution in [2.24, 2.45) is 0 Å². The number of nitriles is 1. The Bertz CT molecular complexity index is 376. The lowest BCUT2D eigenvalue weighted by atomic mass is 10.3. The van der Waals surface area contributed by atoms with Gasteiger partial charge in [-0.25, -0.2) is 4.98 Å². The number of nitrogens with zero attached hydrogens (tertiary/aromatic N) is 3. The van der Waals surface area contributed by atoms with Crippen molar-refractivity contribution in [3.8, 4) is 6.07 Å². The summed E-state index contributed by atoms with van der Waals surface area (Å²) in [5.41, 5.74) is 0.414. The van der Waals surface area contributed by atoms with Crippen LogP contribution in [0.2, 0.25) is 0 Å². The molecule has 0 unspecified atom stereocenters. The van der Waals surface area contributed by atoms with Gasteiger partial charge in [0.25, 0.3) is 0 Å². The van der Waals surface area contributed by atoms with E-state index in [1.807, 2.05) is 30.0 Å². The van der Waals surface area contributed by atoms with Gasteiger partial charge in [0.15, 0.2) is 0 Å². The zero-order valence-corrected chi connectivity index (χ0v) is 9.96. The van der Waals surface area contributed by atoms with E-state index in [-0.39, 0.29) is 6.61 Å². The van der Waals surface area contributed by atoms with Crippen molar-refractivity contribution in [1.29, 1.82) is 5.26 Å². The minimum Gasteiger partial charge on any atom is -0.394 e. The smallest absolute Gasteiger partial charge is 0.142 e. The van der Waals surface area contributed by atoms with Crippen LogP contribution in [0, 0.1) is 11.3 Å². The molecule has 1 heterocycles. The predicted molar refractivity (Wildman–Crippen MR) is 64.7 cm³/mol. The zero-order valence-electron chi connectivity index (χ0n) is 9.96. The van der Waals surface area contributed by atoms with Gasteiger partial charge in [0.05, 0.1) is 19.8 Å². The van der Waals surface area contributed by atoms with Gasteiger partial charge in [-0.05, 0) is 19.1 Å². The van der Waals surface area contributed by atoms with Crippen LogP contribution in [-0.4, -0.2) is 43.0 Å². The summed E-state index contributed by atoms with van der Waals surface area (Å²) in [5, 5.41) is 17.4. The third-order valence-corrected chi connectivity index (χ3v) is 2.30. The Morgan fingerprint density at radius 3 is 2.94 bits per heavy atom. The molecule has 1 aromatic heterocycles. The van der Waals surface area contributed by atoms with Gasteiger partial charge >= 0.3 is 0 Å². The second kappa shape index (κ2) is 7.60. The maximum Gasteiger partial charge on any atom is 0.142 e. The second-order valence-corrected chi connectivity index (χ2v) is 3.41. The first-order valence-corrected chi connectivity index (χ1v) is 5.62. The van der Waals surface area contributed by atoms with Crippen molar-refractivity contribution in [2.45, 2.75) is 6.92 Å². The molecule has 0 saturated carbocycles. The van der Waals surface area contributed by atoms with E-state index in [1.165, 1.54) is 0 Å². The number of aliphatic hydroxyl groups is 1. The van der Waals surface area contributed by atoms with Crippen LogP contribution in [0.15, 0.2) is 18.2 Å². The highest BCUT2D eigenvalue weighted by Gasteiger charge is 2.06. The van der Waals surface area contributed by atoms with Crippen LogP contribution in [0.4, 0.5) is 5.82 Å². The molecule has 5 heteroatoms. The van der Waals surface area contributed by atoms with Crippen molar-refractivity contribution < 1.29 is 9.84 Å². The fourth-order valence-corrected chi connectivity index (χ4v) is 1.44. The summed E-state index contributed by atoms with van der Waals surface area (Å²) in [6.45, 7) is 4.43. The molecule has 0 bridgehead atoms. The van der Waals surface area contributed by atoms with E-state index in [4.69, 9.17) is 15.1 Å². The number of aromatic nitrogens is 1. The van der Waals surface area contributed by atoms with Crippen LogP contribution < -0.4 is 4.90 Å². The monoisotopic (exact) mass is 235 g/mol. The molecule has 0 amide bonds. The number of anilines is 1. The average molecular weight is 235 g/mol. The molecule has 17 heavy (non-hydrogen) atoms. The number of likely N-dealkylation sites (N-methyl/N-ethyl adjacent to an activating group) is 1. The van der Waals surface area contributed by atoms with Crippen molar-refractivity contribution in [3.63, 3.8) is 0 Å². The van der Waals surface area contributed by atoms with Crippen LogP contribution in [-0.2, 0) is 4.74 Å². The normalized spacial score (nSPS) is 9.94. The van der Waals surface area contributed by atoms with Gasteiger partial charge in [-0.1, -0.05) is 6.07 Å². The molecule has 0 saturated heterocycles. The van der Waals surface area contributed by atoms with Gasteiger partial charge in [-0.2, -0.15) is 5.26 Å².